The van der Waals surface area contributed by atoms with Gasteiger partial charge in [0, 0.05) is 18.1 Å². The molecule has 1 aromatic carbocycles. The first-order valence-corrected chi connectivity index (χ1v) is 5.65. The molecule has 1 atom stereocenters. The molecular formula is C13H14N2O3. The highest BCUT2D eigenvalue weighted by atomic mass is 16.5. The second-order valence-electron chi connectivity index (χ2n) is 3.72. The zero-order valence-electron chi connectivity index (χ0n) is 9.98. The van der Waals surface area contributed by atoms with Gasteiger partial charge >= 0.3 is 5.97 Å². The summed E-state index contributed by atoms with van der Waals surface area (Å²) in [6.07, 6.45) is 3.84. The Morgan fingerprint density at radius 3 is 3.06 bits per heavy atom. The van der Waals surface area contributed by atoms with E-state index in [9.17, 15) is 9.90 Å². The lowest BCUT2D eigenvalue weighted by molar-refractivity contribution is -0.153. The van der Waals surface area contributed by atoms with Crippen LogP contribution in [0.4, 0.5) is 0 Å². The lowest BCUT2D eigenvalue weighted by Crippen LogP contribution is -2.15. The normalized spacial score (nSPS) is 12.1. The Hall–Kier alpha value is -2.14. The molecule has 0 aliphatic rings. The minimum absolute atomic E-state index is 0.247. The number of rotatable bonds is 4. The molecule has 1 unspecified atom stereocenters. The van der Waals surface area contributed by atoms with Crippen LogP contribution in [0.2, 0.25) is 0 Å². The Balaban J connectivity index is 2.25. The number of esters is 1. The van der Waals surface area contributed by atoms with Crippen LogP contribution >= 0.6 is 0 Å². The van der Waals surface area contributed by atoms with Gasteiger partial charge in [0.05, 0.1) is 12.9 Å². The maximum atomic E-state index is 11.4. The molecule has 5 heteroatoms. The number of imidazole rings is 1. The van der Waals surface area contributed by atoms with Crippen LogP contribution in [0, 0.1) is 0 Å². The van der Waals surface area contributed by atoms with E-state index in [0.717, 1.165) is 5.69 Å². The van der Waals surface area contributed by atoms with Gasteiger partial charge in [-0.3, -0.25) is 0 Å². The highest BCUT2D eigenvalue weighted by Crippen LogP contribution is 2.18. The summed E-state index contributed by atoms with van der Waals surface area (Å²) in [5, 5.41) is 9.84. The number of ether oxygens (including phenoxy) is 1. The average molecular weight is 246 g/mol. The Morgan fingerprint density at radius 1 is 1.56 bits per heavy atom. The van der Waals surface area contributed by atoms with Crippen molar-refractivity contribution < 1.29 is 14.6 Å². The first-order valence-electron chi connectivity index (χ1n) is 5.65. The van der Waals surface area contributed by atoms with Crippen LogP contribution in [-0.4, -0.2) is 27.2 Å². The first kappa shape index (κ1) is 12.3. The molecule has 94 valence electrons. The molecule has 5 nitrogen and oxygen atoms in total. The molecule has 0 fully saturated rings. The van der Waals surface area contributed by atoms with E-state index in [-0.39, 0.29) is 6.61 Å². The van der Waals surface area contributed by atoms with Crippen molar-refractivity contribution in [1.29, 1.82) is 0 Å². The van der Waals surface area contributed by atoms with Crippen LogP contribution in [-0.2, 0) is 9.53 Å². The summed E-state index contributed by atoms with van der Waals surface area (Å²) >= 11 is 0. The molecule has 2 aromatic rings. The standard InChI is InChI=1S/C13H14N2O3/c1-2-18-13(17)12(16)10-4-3-5-11(8-10)15-7-6-14-9-15/h3-9,12,16H,2H2,1H3. The number of hydrogen-bond acceptors (Lipinski definition) is 4. The smallest absolute Gasteiger partial charge is 0.339 e. The number of benzene rings is 1. The van der Waals surface area contributed by atoms with Gasteiger partial charge in [0.25, 0.3) is 0 Å². The van der Waals surface area contributed by atoms with Gasteiger partial charge in [-0.2, -0.15) is 0 Å². The van der Waals surface area contributed by atoms with Crippen molar-refractivity contribution >= 4 is 5.97 Å². The highest BCUT2D eigenvalue weighted by Gasteiger charge is 2.18. The van der Waals surface area contributed by atoms with Gasteiger partial charge in [0.1, 0.15) is 0 Å². The van der Waals surface area contributed by atoms with E-state index >= 15 is 0 Å². The van der Waals surface area contributed by atoms with Crippen LogP contribution in [0.5, 0.6) is 0 Å². The van der Waals surface area contributed by atoms with Crippen molar-refractivity contribution in [3.05, 3.63) is 48.5 Å². The second-order valence-corrected chi connectivity index (χ2v) is 3.72. The molecule has 0 saturated heterocycles. The predicted octanol–water partition coefficient (Wildman–Crippen LogP) is 1.47. The fraction of sp³-hybridized carbons (Fsp3) is 0.231. The lowest BCUT2D eigenvalue weighted by atomic mass is 10.1. The average Bonchev–Trinajstić information content (AvgIpc) is 2.92. The zero-order valence-corrected chi connectivity index (χ0v) is 9.98. The third-order valence-corrected chi connectivity index (χ3v) is 2.50. The summed E-state index contributed by atoms with van der Waals surface area (Å²) in [6.45, 7) is 1.95. The minimum Gasteiger partial charge on any atom is -0.464 e. The maximum Gasteiger partial charge on any atom is 0.339 e. The Kier molecular flexibility index (Phi) is 3.74. The van der Waals surface area contributed by atoms with Crippen molar-refractivity contribution in [2.24, 2.45) is 0 Å². The van der Waals surface area contributed by atoms with Gasteiger partial charge < -0.3 is 14.4 Å². The summed E-state index contributed by atoms with van der Waals surface area (Å²) in [4.78, 5) is 15.4. The van der Waals surface area contributed by atoms with Crippen LogP contribution in [0.3, 0.4) is 0 Å². The van der Waals surface area contributed by atoms with Crippen molar-refractivity contribution in [3.8, 4) is 5.69 Å². The summed E-state index contributed by atoms with van der Waals surface area (Å²) in [7, 11) is 0. The summed E-state index contributed by atoms with van der Waals surface area (Å²) in [5.74, 6) is -0.639. The van der Waals surface area contributed by atoms with E-state index in [1.807, 2.05) is 6.07 Å². The lowest BCUT2D eigenvalue weighted by Gasteiger charge is -2.11. The molecule has 0 saturated carbocycles. The summed E-state index contributed by atoms with van der Waals surface area (Å²) in [5.41, 5.74) is 1.33. The fourth-order valence-electron chi connectivity index (χ4n) is 1.62. The van der Waals surface area contributed by atoms with Crippen molar-refractivity contribution in [2.75, 3.05) is 6.61 Å². The van der Waals surface area contributed by atoms with E-state index in [2.05, 4.69) is 4.98 Å². The Morgan fingerprint density at radius 2 is 2.39 bits per heavy atom. The minimum atomic E-state index is -1.26. The maximum absolute atomic E-state index is 11.4. The van der Waals surface area contributed by atoms with Crippen molar-refractivity contribution in [3.63, 3.8) is 0 Å². The van der Waals surface area contributed by atoms with Gasteiger partial charge in [0.15, 0.2) is 6.10 Å². The highest BCUT2D eigenvalue weighted by molar-refractivity contribution is 5.76. The molecule has 1 aromatic heterocycles. The van der Waals surface area contributed by atoms with Crippen LogP contribution in [0.15, 0.2) is 43.0 Å². The van der Waals surface area contributed by atoms with Crippen LogP contribution in [0.25, 0.3) is 5.69 Å². The molecule has 0 bridgehead atoms. The van der Waals surface area contributed by atoms with E-state index in [0.29, 0.717) is 5.56 Å². The van der Waals surface area contributed by atoms with Crippen molar-refractivity contribution in [1.82, 2.24) is 9.55 Å². The monoisotopic (exact) mass is 246 g/mol. The van der Waals surface area contributed by atoms with E-state index in [4.69, 9.17) is 4.74 Å². The van der Waals surface area contributed by atoms with E-state index < -0.39 is 12.1 Å². The van der Waals surface area contributed by atoms with Crippen LogP contribution in [0.1, 0.15) is 18.6 Å². The Labute approximate surface area is 105 Å². The van der Waals surface area contributed by atoms with Gasteiger partial charge in [-0.1, -0.05) is 12.1 Å². The fourth-order valence-corrected chi connectivity index (χ4v) is 1.62. The number of aromatic nitrogens is 2. The molecule has 18 heavy (non-hydrogen) atoms. The van der Waals surface area contributed by atoms with Crippen molar-refractivity contribution in [2.45, 2.75) is 13.0 Å². The van der Waals surface area contributed by atoms with E-state index in [1.165, 1.54) is 0 Å². The molecule has 0 aliphatic heterocycles. The molecule has 1 N–H and O–H groups in total. The number of carbonyl (C=O) groups is 1. The summed E-state index contributed by atoms with van der Waals surface area (Å²) in [6, 6.07) is 7.04. The first-order chi connectivity index (χ1) is 8.72. The molecule has 0 spiro atoms. The number of nitrogens with zero attached hydrogens (tertiary/aromatic N) is 2. The van der Waals surface area contributed by atoms with Crippen LogP contribution < -0.4 is 0 Å². The molecular weight excluding hydrogens is 232 g/mol. The largest absolute Gasteiger partial charge is 0.464 e. The van der Waals surface area contributed by atoms with Gasteiger partial charge in [-0.05, 0) is 24.6 Å². The number of aliphatic hydroxyl groups is 1. The number of hydrogen-bond donors (Lipinski definition) is 1. The molecule has 2 rings (SSSR count). The summed E-state index contributed by atoms with van der Waals surface area (Å²) < 4.78 is 6.57. The van der Waals surface area contributed by atoms with E-state index in [1.54, 1.807) is 48.4 Å². The SMILES string of the molecule is CCOC(=O)C(O)c1cccc(-n2ccnc2)c1. The van der Waals surface area contributed by atoms with Gasteiger partial charge in [0.2, 0.25) is 0 Å². The molecule has 1 heterocycles. The third kappa shape index (κ3) is 2.57. The molecule has 0 aliphatic carbocycles. The topological polar surface area (TPSA) is 64.3 Å². The zero-order chi connectivity index (χ0) is 13.0. The predicted molar refractivity (Wildman–Crippen MR) is 65.2 cm³/mol. The second kappa shape index (κ2) is 5.46. The third-order valence-electron chi connectivity index (χ3n) is 2.50. The Bertz CT molecular complexity index is 523. The number of carbonyl (C=O) groups excluding carboxylic acids is 1. The molecule has 0 radical (unpaired) electrons. The van der Waals surface area contributed by atoms with Gasteiger partial charge in [-0.25, -0.2) is 9.78 Å². The quantitative estimate of drug-likeness (QED) is 0.830. The number of aliphatic hydroxyl groups excluding tert-OH is 1. The van der Waals surface area contributed by atoms with Gasteiger partial charge in [-0.15, -0.1) is 0 Å². The molecule has 0 amide bonds.